The maximum atomic E-state index is 10.9. The molecule has 17 heavy (non-hydrogen) atoms. The molecule has 0 saturated carbocycles. The van der Waals surface area contributed by atoms with Crippen molar-refractivity contribution in [3.63, 3.8) is 0 Å². The standard InChI is InChI=1S/C11H11N3O2S/c15-11-13-6-8(16-11)7-14-4-3-12-10(14)9-2-1-5-17-9/h1-5,8H,6-7H2,(H,13,15). The number of alkyl carbamates (subject to hydrolysis) is 1. The average Bonchev–Trinajstić information content (AvgIpc) is 3.00. The van der Waals surface area contributed by atoms with Crippen LogP contribution in [0, 0.1) is 0 Å². The third kappa shape index (κ3) is 2.03. The van der Waals surface area contributed by atoms with Crippen LogP contribution in [0.25, 0.3) is 10.7 Å². The van der Waals surface area contributed by atoms with Crippen molar-refractivity contribution >= 4 is 17.4 Å². The van der Waals surface area contributed by atoms with Gasteiger partial charge in [0.15, 0.2) is 0 Å². The Morgan fingerprint density at radius 1 is 1.65 bits per heavy atom. The fourth-order valence-electron chi connectivity index (χ4n) is 1.84. The lowest BCUT2D eigenvalue weighted by atomic mass is 10.3. The SMILES string of the molecule is O=C1NCC(Cn2ccnc2-c2cccs2)O1. The van der Waals surface area contributed by atoms with E-state index in [1.54, 1.807) is 17.5 Å². The van der Waals surface area contributed by atoms with Crippen LogP contribution in [0.1, 0.15) is 0 Å². The van der Waals surface area contributed by atoms with Crippen molar-refractivity contribution in [1.29, 1.82) is 0 Å². The third-order valence-electron chi connectivity index (χ3n) is 2.61. The van der Waals surface area contributed by atoms with Gasteiger partial charge in [0.1, 0.15) is 11.9 Å². The highest BCUT2D eigenvalue weighted by Gasteiger charge is 2.23. The average molecular weight is 249 g/mol. The van der Waals surface area contributed by atoms with Crippen LogP contribution in [-0.2, 0) is 11.3 Å². The summed E-state index contributed by atoms with van der Waals surface area (Å²) in [6.45, 7) is 1.19. The molecule has 0 spiro atoms. The minimum Gasteiger partial charge on any atom is -0.442 e. The summed E-state index contributed by atoms with van der Waals surface area (Å²) >= 11 is 1.65. The van der Waals surface area contributed by atoms with Crippen molar-refractivity contribution in [3.8, 4) is 10.7 Å². The van der Waals surface area contributed by atoms with E-state index in [-0.39, 0.29) is 12.2 Å². The van der Waals surface area contributed by atoms with Gasteiger partial charge in [-0.25, -0.2) is 9.78 Å². The molecule has 6 heteroatoms. The zero-order valence-electron chi connectivity index (χ0n) is 9.00. The molecular weight excluding hydrogens is 238 g/mol. The van der Waals surface area contributed by atoms with Gasteiger partial charge in [0, 0.05) is 12.4 Å². The Balaban J connectivity index is 1.80. The van der Waals surface area contributed by atoms with Gasteiger partial charge in [-0.2, -0.15) is 0 Å². The number of carbonyl (C=O) groups is 1. The Morgan fingerprint density at radius 3 is 3.29 bits per heavy atom. The minimum absolute atomic E-state index is 0.115. The lowest BCUT2D eigenvalue weighted by Gasteiger charge is -2.10. The summed E-state index contributed by atoms with van der Waals surface area (Å²) in [6.07, 6.45) is 3.21. The molecular formula is C11H11N3O2S. The highest BCUT2D eigenvalue weighted by Crippen LogP contribution is 2.23. The number of nitrogens with zero attached hydrogens (tertiary/aromatic N) is 2. The molecule has 2 aromatic heterocycles. The summed E-state index contributed by atoms with van der Waals surface area (Å²) < 4.78 is 7.12. The Kier molecular flexibility index (Phi) is 2.56. The van der Waals surface area contributed by atoms with Crippen LogP contribution < -0.4 is 5.32 Å². The highest BCUT2D eigenvalue weighted by molar-refractivity contribution is 7.13. The molecule has 1 fully saturated rings. The van der Waals surface area contributed by atoms with Crippen LogP contribution >= 0.6 is 11.3 Å². The molecule has 1 unspecified atom stereocenters. The second-order valence-electron chi connectivity index (χ2n) is 3.79. The molecule has 1 aliphatic rings. The molecule has 0 aliphatic carbocycles. The summed E-state index contributed by atoms with van der Waals surface area (Å²) in [6, 6.07) is 4.03. The fourth-order valence-corrected chi connectivity index (χ4v) is 2.58. The molecule has 88 valence electrons. The van der Waals surface area contributed by atoms with E-state index in [0.29, 0.717) is 13.1 Å². The molecule has 0 bridgehead atoms. The normalized spacial score (nSPS) is 19.1. The van der Waals surface area contributed by atoms with E-state index in [9.17, 15) is 4.79 Å². The molecule has 3 rings (SSSR count). The first-order valence-corrected chi connectivity index (χ1v) is 6.20. The van der Waals surface area contributed by atoms with E-state index < -0.39 is 0 Å². The lowest BCUT2D eigenvalue weighted by Crippen LogP contribution is -2.20. The molecule has 1 aliphatic heterocycles. The van der Waals surface area contributed by atoms with Crippen molar-refractivity contribution in [2.24, 2.45) is 0 Å². The molecule has 1 N–H and O–H groups in total. The summed E-state index contributed by atoms with van der Waals surface area (Å²) in [5.41, 5.74) is 0. The topological polar surface area (TPSA) is 56.2 Å². The predicted octanol–water partition coefficient (Wildman–Crippen LogP) is 1.72. The minimum atomic E-state index is -0.340. The Labute approximate surface area is 102 Å². The van der Waals surface area contributed by atoms with E-state index in [0.717, 1.165) is 10.7 Å². The van der Waals surface area contributed by atoms with Crippen LogP contribution in [0.2, 0.25) is 0 Å². The molecule has 0 radical (unpaired) electrons. The van der Waals surface area contributed by atoms with Gasteiger partial charge in [-0.1, -0.05) is 6.07 Å². The van der Waals surface area contributed by atoms with Crippen LogP contribution in [0.5, 0.6) is 0 Å². The molecule has 1 atom stereocenters. The van der Waals surface area contributed by atoms with Gasteiger partial charge in [-0.05, 0) is 11.4 Å². The Morgan fingerprint density at radius 2 is 2.59 bits per heavy atom. The number of ether oxygens (including phenoxy) is 1. The molecule has 3 heterocycles. The Hall–Kier alpha value is -1.82. The van der Waals surface area contributed by atoms with Crippen molar-refractivity contribution in [2.45, 2.75) is 12.6 Å². The fraction of sp³-hybridized carbons (Fsp3) is 0.273. The second kappa shape index (κ2) is 4.21. The smallest absolute Gasteiger partial charge is 0.407 e. The van der Waals surface area contributed by atoms with E-state index in [4.69, 9.17) is 4.74 Å². The van der Waals surface area contributed by atoms with Crippen molar-refractivity contribution in [1.82, 2.24) is 14.9 Å². The Bertz CT molecular complexity index is 521. The number of amides is 1. The number of imidazole rings is 1. The number of aromatic nitrogens is 2. The summed E-state index contributed by atoms with van der Waals surface area (Å²) in [4.78, 5) is 16.4. The van der Waals surface area contributed by atoms with Gasteiger partial charge in [0.05, 0.1) is 18.0 Å². The van der Waals surface area contributed by atoms with E-state index in [1.807, 2.05) is 28.3 Å². The summed E-state index contributed by atoms with van der Waals surface area (Å²) in [5, 5.41) is 4.66. The number of rotatable bonds is 3. The van der Waals surface area contributed by atoms with E-state index in [1.165, 1.54) is 0 Å². The predicted molar refractivity (Wildman–Crippen MR) is 63.8 cm³/mol. The number of carbonyl (C=O) groups excluding carboxylic acids is 1. The molecule has 0 aromatic carbocycles. The number of hydrogen-bond acceptors (Lipinski definition) is 4. The number of hydrogen-bond donors (Lipinski definition) is 1. The maximum absolute atomic E-state index is 10.9. The van der Waals surface area contributed by atoms with Crippen LogP contribution in [0.15, 0.2) is 29.9 Å². The van der Waals surface area contributed by atoms with Crippen molar-refractivity contribution < 1.29 is 9.53 Å². The van der Waals surface area contributed by atoms with E-state index >= 15 is 0 Å². The molecule has 5 nitrogen and oxygen atoms in total. The first kappa shape index (κ1) is 10.3. The van der Waals surface area contributed by atoms with Crippen LogP contribution in [-0.4, -0.2) is 28.3 Å². The summed E-state index contributed by atoms with van der Waals surface area (Å²) in [5.74, 6) is 0.919. The molecule has 2 aromatic rings. The molecule has 1 amide bonds. The zero-order chi connectivity index (χ0) is 11.7. The number of cyclic esters (lactones) is 1. The van der Waals surface area contributed by atoms with Gasteiger partial charge in [0.25, 0.3) is 0 Å². The number of nitrogens with one attached hydrogen (secondary N) is 1. The van der Waals surface area contributed by atoms with Gasteiger partial charge in [0.2, 0.25) is 0 Å². The van der Waals surface area contributed by atoms with Crippen molar-refractivity contribution in [2.75, 3.05) is 6.54 Å². The van der Waals surface area contributed by atoms with Crippen LogP contribution in [0.3, 0.4) is 0 Å². The second-order valence-corrected chi connectivity index (χ2v) is 4.74. The maximum Gasteiger partial charge on any atom is 0.407 e. The van der Waals surface area contributed by atoms with Gasteiger partial charge in [-0.3, -0.25) is 0 Å². The van der Waals surface area contributed by atoms with Gasteiger partial charge >= 0.3 is 6.09 Å². The number of thiophene rings is 1. The zero-order valence-corrected chi connectivity index (χ0v) is 9.81. The van der Waals surface area contributed by atoms with Crippen LogP contribution in [0.4, 0.5) is 4.79 Å². The molecule has 1 saturated heterocycles. The first-order valence-electron chi connectivity index (χ1n) is 5.32. The highest BCUT2D eigenvalue weighted by atomic mass is 32.1. The van der Waals surface area contributed by atoms with Gasteiger partial charge < -0.3 is 14.6 Å². The van der Waals surface area contributed by atoms with Gasteiger partial charge in [-0.15, -0.1) is 11.3 Å². The van der Waals surface area contributed by atoms with E-state index in [2.05, 4.69) is 10.3 Å². The largest absolute Gasteiger partial charge is 0.442 e. The lowest BCUT2D eigenvalue weighted by molar-refractivity contribution is 0.131. The summed E-state index contributed by atoms with van der Waals surface area (Å²) in [7, 11) is 0. The van der Waals surface area contributed by atoms with Crippen molar-refractivity contribution in [3.05, 3.63) is 29.9 Å². The third-order valence-corrected chi connectivity index (χ3v) is 3.47. The first-order chi connectivity index (χ1) is 8.33. The quantitative estimate of drug-likeness (QED) is 0.901. The monoisotopic (exact) mass is 249 g/mol.